The highest BCUT2D eigenvalue weighted by molar-refractivity contribution is 5.71. The Labute approximate surface area is 105 Å². The quantitative estimate of drug-likeness (QED) is 0.714. The van der Waals surface area contributed by atoms with Crippen LogP contribution < -0.4 is 18.9 Å². The molecule has 1 rings (SSSR count). The van der Waals surface area contributed by atoms with E-state index in [0.29, 0.717) is 23.0 Å². The van der Waals surface area contributed by atoms with Crippen molar-refractivity contribution in [3.05, 3.63) is 12.1 Å². The van der Waals surface area contributed by atoms with E-state index in [1.165, 1.54) is 28.4 Å². The van der Waals surface area contributed by atoms with Crippen molar-refractivity contribution >= 4 is 5.97 Å². The van der Waals surface area contributed by atoms with Gasteiger partial charge in [0, 0.05) is 12.1 Å². The molecule has 0 saturated carbocycles. The third-order valence-corrected chi connectivity index (χ3v) is 2.22. The van der Waals surface area contributed by atoms with Gasteiger partial charge in [0.15, 0.2) is 18.1 Å². The lowest BCUT2D eigenvalue weighted by Gasteiger charge is -2.14. The maximum atomic E-state index is 11.0. The molecule has 100 valence electrons. The number of benzene rings is 1. The molecule has 0 radical (unpaired) electrons. The molecule has 0 N–H and O–H groups in total. The molecule has 18 heavy (non-hydrogen) atoms. The summed E-state index contributed by atoms with van der Waals surface area (Å²) in [5.41, 5.74) is 0. The van der Waals surface area contributed by atoms with Gasteiger partial charge in [0.1, 0.15) is 5.75 Å². The van der Waals surface area contributed by atoms with Crippen molar-refractivity contribution < 1.29 is 28.5 Å². The van der Waals surface area contributed by atoms with Gasteiger partial charge in [0.05, 0.1) is 28.4 Å². The Balaban J connectivity index is 2.96. The van der Waals surface area contributed by atoms with Crippen LogP contribution in [0.15, 0.2) is 12.1 Å². The third kappa shape index (κ3) is 3.19. The Bertz CT molecular complexity index is 390. The summed E-state index contributed by atoms with van der Waals surface area (Å²) in [5.74, 6) is 1.33. The summed E-state index contributed by atoms with van der Waals surface area (Å²) in [6, 6.07) is 3.20. The molecule has 0 saturated heterocycles. The van der Waals surface area contributed by atoms with Gasteiger partial charge in [-0.1, -0.05) is 0 Å². The Hall–Kier alpha value is -2.11. The number of hydrogen-bond acceptors (Lipinski definition) is 6. The predicted molar refractivity (Wildman–Crippen MR) is 63.6 cm³/mol. The zero-order valence-corrected chi connectivity index (χ0v) is 10.8. The van der Waals surface area contributed by atoms with Gasteiger partial charge in [0.2, 0.25) is 5.75 Å². The summed E-state index contributed by atoms with van der Waals surface area (Å²) in [7, 11) is 5.80. The smallest absolute Gasteiger partial charge is 0.343 e. The minimum Gasteiger partial charge on any atom is -0.493 e. The Morgan fingerprint density at radius 3 is 1.94 bits per heavy atom. The van der Waals surface area contributed by atoms with Gasteiger partial charge >= 0.3 is 5.97 Å². The van der Waals surface area contributed by atoms with Crippen LogP contribution in [0.1, 0.15) is 0 Å². The standard InChI is InChI=1S/C12H16O6/c1-14-9-5-8(18-7-11(13)16-3)6-10(15-2)12(9)17-4/h5-6H,7H2,1-4H3. The molecule has 6 heteroatoms. The molecule has 0 atom stereocenters. The average molecular weight is 256 g/mol. The van der Waals surface area contributed by atoms with E-state index in [2.05, 4.69) is 4.74 Å². The SMILES string of the molecule is COC(=O)COc1cc(OC)c(OC)c(OC)c1. The average Bonchev–Trinajstić information content (AvgIpc) is 2.43. The third-order valence-electron chi connectivity index (χ3n) is 2.22. The molecule has 6 nitrogen and oxygen atoms in total. The summed E-state index contributed by atoms with van der Waals surface area (Å²) in [5, 5.41) is 0. The first-order chi connectivity index (χ1) is 8.65. The van der Waals surface area contributed by atoms with E-state index in [9.17, 15) is 4.79 Å². The van der Waals surface area contributed by atoms with Crippen LogP contribution in [0.3, 0.4) is 0 Å². The van der Waals surface area contributed by atoms with E-state index in [0.717, 1.165) is 0 Å². The van der Waals surface area contributed by atoms with E-state index < -0.39 is 5.97 Å². The topological polar surface area (TPSA) is 63.2 Å². The molecule has 0 heterocycles. The molecular weight excluding hydrogens is 240 g/mol. The van der Waals surface area contributed by atoms with Gasteiger partial charge in [-0.15, -0.1) is 0 Å². The maximum absolute atomic E-state index is 11.0. The number of rotatable bonds is 6. The van der Waals surface area contributed by atoms with Gasteiger partial charge in [-0.25, -0.2) is 4.79 Å². The van der Waals surface area contributed by atoms with Gasteiger partial charge < -0.3 is 23.7 Å². The minimum absolute atomic E-state index is 0.185. The van der Waals surface area contributed by atoms with Crippen LogP contribution in [0.2, 0.25) is 0 Å². The molecule has 0 fully saturated rings. The molecule has 0 aromatic heterocycles. The van der Waals surface area contributed by atoms with E-state index >= 15 is 0 Å². The Morgan fingerprint density at radius 2 is 1.56 bits per heavy atom. The maximum Gasteiger partial charge on any atom is 0.343 e. The number of ether oxygens (including phenoxy) is 5. The van der Waals surface area contributed by atoms with E-state index in [1.807, 2.05) is 0 Å². The van der Waals surface area contributed by atoms with Gasteiger partial charge in [-0.3, -0.25) is 0 Å². The van der Waals surface area contributed by atoms with Crippen LogP contribution in [0, 0.1) is 0 Å². The molecule has 0 spiro atoms. The first kappa shape index (κ1) is 14.0. The first-order valence-electron chi connectivity index (χ1n) is 5.15. The summed E-state index contributed by atoms with van der Waals surface area (Å²) >= 11 is 0. The monoisotopic (exact) mass is 256 g/mol. The number of methoxy groups -OCH3 is 4. The van der Waals surface area contributed by atoms with E-state index in [4.69, 9.17) is 18.9 Å². The van der Waals surface area contributed by atoms with Gasteiger partial charge in [0.25, 0.3) is 0 Å². The Morgan fingerprint density at radius 1 is 1.00 bits per heavy atom. The van der Waals surface area contributed by atoms with Crippen molar-refractivity contribution in [2.24, 2.45) is 0 Å². The molecule has 0 aliphatic heterocycles. The largest absolute Gasteiger partial charge is 0.493 e. The highest BCUT2D eigenvalue weighted by Crippen LogP contribution is 2.40. The lowest BCUT2D eigenvalue weighted by molar-refractivity contribution is -0.142. The van der Waals surface area contributed by atoms with Crippen LogP contribution in [0.5, 0.6) is 23.0 Å². The zero-order valence-electron chi connectivity index (χ0n) is 10.8. The second-order valence-corrected chi connectivity index (χ2v) is 3.23. The van der Waals surface area contributed by atoms with Crippen LogP contribution in [0.4, 0.5) is 0 Å². The highest BCUT2D eigenvalue weighted by atomic mass is 16.6. The molecule has 0 aliphatic carbocycles. The van der Waals surface area contributed by atoms with Crippen LogP contribution in [0.25, 0.3) is 0 Å². The Kier molecular flexibility index (Phi) is 5.10. The molecule has 1 aromatic rings. The second kappa shape index (κ2) is 6.58. The fraction of sp³-hybridized carbons (Fsp3) is 0.417. The highest BCUT2D eigenvalue weighted by Gasteiger charge is 2.14. The molecule has 0 amide bonds. The fourth-order valence-corrected chi connectivity index (χ4v) is 1.34. The number of esters is 1. The van der Waals surface area contributed by atoms with E-state index in [1.54, 1.807) is 12.1 Å². The predicted octanol–water partition coefficient (Wildman–Crippen LogP) is 1.26. The number of hydrogen-bond donors (Lipinski definition) is 0. The van der Waals surface area contributed by atoms with Crippen molar-refractivity contribution in [2.45, 2.75) is 0 Å². The number of carbonyl (C=O) groups is 1. The molecule has 1 aromatic carbocycles. The zero-order chi connectivity index (χ0) is 13.5. The molecule has 0 unspecified atom stereocenters. The lowest BCUT2D eigenvalue weighted by Crippen LogP contribution is -2.12. The van der Waals surface area contributed by atoms with Crippen molar-refractivity contribution in [1.29, 1.82) is 0 Å². The fourth-order valence-electron chi connectivity index (χ4n) is 1.34. The normalized spacial score (nSPS) is 9.56. The second-order valence-electron chi connectivity index (χ2n) is 3.23. The van der Waals surface area contributed by atoms with Crippen molar-refractivity contribution in [3.8, 4) is 23.0 Å². The van der Waals surface area contributed by atoms with Crippen LogP contribution >= 0.6 is 0 Å². The van der Waals surface area contributed by atoms with Crippen molar-refractivity contribution in [2.75, 3.05) is 35.0 Å². The van der Waals surface area contributed by atoms with Gasteiger partial charge in [-0.2, -0.15) is 0 Å². The molecule has 0 bridgehead atoms. The molecule has 0 aliphatic rings. The van der Waals surface area contributed by atoms with E-state index in [-0.39, 0.29) is 6.61 Å². The summed E-state index contributed by atoms with van der Waals surface area (Å²) in [4.78, 5) is 11.0. The number of carbonyl (C=O) groups excluding carboxylic acids is 1. The summed E-state index contributed by atoms with van der Waals surface area (Å²) in [6.45, 7) is -0.185. The summed E-state index contributed by atoms with van der Waals surface area (Å²) < 4.78 is 25.2. The van der Waals surface area contributed by atoms with Gasteiger partial charge in [-0.05, 0) is 0 Å². The summed E-state index contributed by atoms with van der Waals surface area (Å²) in [6.07, 6.45) is 0. The molecular formula is C12H16O6. The van der Waals surface area contributed by atoms with Crippen molar-refractivity contribution in [3.63, 3.8) is 0 Å². The minimum atomic E-state index is -0.469. The van der Waals surface area contributed by atoms with Crippen LogP contribution in [-0.4, -0.2) is 41.0 Å². The van der Waals surface area contributed by atoms with Crippen molar-refractivity contribution in [1.82, 2.24) is 0 Å². The van der Waals surface area contributed by atoms with Crippen LogP contribution in [-0.2, 0) is 9.53 Å². The lowest BCUT2D eigenvalue weighted by atomic mass is 10.2. The first-order valence-corrected chi connectivity index (χ1v) is 5.15.